The van der Waals surface area contributed by atoms with E-state index in [0.717, 1.165) is 62.7 Å². The Morgan fingerprint density at radius 2 is 1.94 bits per heavy atom. The molecule has 0 spiro atoms. The molecule has 1 fully saturated rings. The average Bonchev–Trinajstić information content (AvgIpc) is 3.02. The van der Waals surface area contributed by atoms with Crippen molar-refractivity contribution in [3.8, 4) is 0 Å². The number of aliphatic hydroxyl groups is 1. The second-order valence-corrected chi connectivity index (χ2v) is 10.7. The summed E-state index contributed by atoms with van der Waals surface area (Å²) < 4.78 is 0. The number of carbonyl (C=O) groups is 1. The van der Waals surface area contributed by atoms with E-state index in [0.29, 0.717) is 11.5 Å². The van der Waals surface area contributed by atoms with E-state index < -0.39 is 5.60 Å². The molecule has 4 heteroatoms. The minimum absolute atomic E-state index is 0.0104. The lowest BCUT2D eigenvalue weighted by Gasteiger charge is -2.50. The molecule has 1 amide bonds. The van der Waals surface area contributed by atoms with Crippen molar-refractivity contribution in [2.24, 2.45) is 5.92 Å². The van der Waals surface area contributed by atoms with E-state index in [2.05, 4.69) is 59.7 Å². The second kappa shape index (κ2) is 9.58. The van der Waals surface area contributed by atoms with Gasteiger partial charge in [-0.15, -0.1) is 0 Å². The van der Waals surface area contributed by atoms with Crippen molar-refractivity contribution in [2.45, 2.75) is 76.2 Å². The molecule has 3 unspecified atom stereocenters. The maximum absolute atomic E-state index is 13.1. The summed E-state index contributed by atoms with van der Waals surface area (Å²) in [6, 6.07) is 20.8. The molecule has 1 saturated carbocycles. The van der Waals surface area contributed by atoms with Crippen molar-refractivity contribution in [1.29, 1.82) is 0 Å². The van der Waals surface area contributed by atoms with Crippen LogP contribution in [0, 0.1) is 12.8 Å². The van der Waals surface area contributed by atoms with Gasteiger partial charge >= 0.3 is 0 Å². The summed E-state index contributed by atoms with van der Waals surface area (Å²) in [7, 11) is 0. The minimum atomic E-state index is -0.559. The smallest absolute Gasteiger partial charge is 0.255 e. The Labute approximate surface area is 208 Å². The van der Waals surface area contributed by atoms with E-state index in [1.165, 1.54) is 16.7 Å². The molecule has 2 aromatic carbocycles. The second-order valence-electron chi connectivity index (χ2n) is 10.7. The zero-order chi connectivity index (χ0) is 24.5. The lowest BCUT2D eigenvalue weighted by Crippen LogP contribution is -2.48. The number of benzene rings is 2. The van der Waals surface area contributed by atoms with Crippen LogP contribution in [0.3, 0.4) is 0 Å². The Morgan fingerprint density at radius 1 is 1.11 bits per heavy atom. The Bertz CT molecular complexity index is 1210. The van der Waals surface area contributed by atoms with E-state index in [9.17, 15) is 9.90 Å². The molecule has 0 saturated heterocycles. The van der Waals surface area contributed by atoms with Gasteiger partial charge in [-0.1, -0.05) is 43.3 Å². The third-order valence-electron chi connectivity index (χ3n) is 8.62. The van der Waals surface area contributed by atoms with Gasteiger partial charge in [-0.25, -0.2) is 0 Å². The monoisotopic (exact) mass is 468 g/mol. The number of nitrogens with one attached hydrogen (secondary N) is 1. The highest BCUT2D eigenvalue weighted by atomic mass is 16.3. The van der Waals surface area contributed by atoms with Gasteiger partial charge in [-0.05, 0) is 105 Å². The van der Waals surface area contributed by atoms with Gasteiger partial charge in [0, 0.05) is 17.2 Å². The SMILES string of the molecule is CCC1(O)CCC2(Cc3ccccc3)c3ccc(C(=O)Nc4cccnc4C)cc3CCCC2C1. The molecule has 2 N–H and O–H groups in total. The highest BCUT2D eigenvalue weighted by Gasteiger charge is 2.50. The number of aromatic nitrogens is 1. The van der Waals surface area contributed by atoms with Gasteiger partial charge in [0.05, 0.1) is 17.0 Å². The fraction of sp³-hybridized carbons (Fsp3) is 0.419. The molecule has 4 nitrogen and oxygen atoms in total. The Balaban J connectivity index is 1.52. The Kier molecular flexibility index (Phi) is 6.50. The number of carbonyl (C=O) groups excluding carboxylic acids is 1. The molecule has 35 heavy (non-hydrogen) atoms. The van der Waals surface area contributed by atoms with Crippen molar-refractivity contribution < 1.29 is 9.90 Å². The van der Waals surface area contributed by atoms with E-state index in [1.807, 2.05) is 25.1 Å². The fourth-order valence-corrected chi connectivity index (χ4v) is 6.54. The largest absolute Gasteiger partial charge is 0.390 e. The van der Waals surface area contributed by atoms with Crippen molar-refractivity contribution >= 4 is 11.6 Å². The van der Waals surface area contributed by atoms with Crippen LogP contribution in [-0.2, 0) is 18.3 Å². The molecule has 2 aliphatic rings. The van der Waals surface area contributed by atoms with Gasteiger partial charge in [-0.2, -0.15) is 0 Å². The summed E-state index contributed by atoms with van der Waals surface area (Å²) in [5.41, 5.74) is 5.71. The first-order valence-electron chi connectivity index (χ1n) is 13.1. The molecular weight excluding hydrogens is 432 g/mol. The van der Waals surface area contributed by atoms with Crippen molar-refractivity contribution in [3.05, 3.63) is 94.8 Å². The van der Waals surface area contributed by atoms with E-state index in [1.54, 1.807) is 6.20 Å². The van der Waals surface area contributed by atoms with Crippen LogP contribution in [0.2, 0.25) is 0 Å². The number of amides is 1. The van der Waals surface area contributed by atoms with Gasteiger partial charge in [-0.3, -0.25) is 9.78 Å². The number of anilines is 1. The standard InChI is InChI=1S/C31H36N2O2/c1-3-30(35)16-17-31(20-23-9-5-4-6-10-23)26(21-30)12-7-11-24-19-25(14-15-27(24)31)29(34)33-28-13-8-18-32-22(28)2/h4-6,8-10,13-15,18-19,26,35H,3,7,11-12,16-17,20-21H2,1-2H3,(H,33,34). The minimum Gasteiger partial charge on any atom is -0.390 e. The fourth-order valence-electron chi connectivity index (χ4n) is 6.54. The number of aryl methyl sites for hydroxylation is 2. The molecule has 5 rings (SSSR count). The zero-order valence-corrected chi connectivity index (χ0v) is 20.9. The number of rotatable bonds is 5. The molecule has 0 bridgehead atoms. The first kappa shape index (κ1) is 23.7. The summed E-state index contributed by atoms with van der Waals surface area (Å²) in [6.45, 7) is 4.02. The normalized spacial score (nSPS) is 25.7. The third-order valence-corrected chi connectivity index (χ3v) is 8.62. The van der Waals surface area contributed by atoms with Crippen LogP contribution in [0.15, 0.2) is 66.9 Å². The zero-order valence-electron chi connectivity index (χ0n) is 20.9. The van der Waals surface area contributed by atoms with Crippen LogP contribution in [0.25, 0.3) is 0 Å². The van der Waals surface area contributed by atoms with Gasteiger partial charge in [0.1, 0.15) is 0 Å². The van der Waals surface area contributed by atoms with Crippen LogP contribution in [0.5, 0.6) is 0 Å². The van der Waals surface area contributed by atoms with E-state index in [-0.39, 0.29) is 11.3 Å². The lowest BCUT2D eigenvalue weighted by molar-refractivity contribution is -0.0497. The first-order chi connectivity index (χ1) is 16.9. The quantitative estimate of drug-likeness (QED) is 0.455. The molecular formula is C31H36N2O2. The van der Waals surface area contributed by atoms with Crippen molar-refractivity contribution in [2.75, 3.05) is 5.32 Å². The average molecular weight is 469 g/mol. The van der Waals surface area contributed by atoms with E-state index in [4.69, 9.17) is 0 Å². The number of nitrogens with zero attached hydrogens (tertiary/aromatic N) is 1. The van der Waals surface area contributed by atoms with Crippen LogP contribution in [0.1, 0.15) is 78.2 Å². The first-order valence-corrected chi connectivity index (χ1v) is 13.1. The molecule has 3 aromatic rings. The highest BCUT2D eigenvalue weighted by molar-refractivity contribution is 6.04. The predicted octanol–water partition coefficient (Wildman–Crippen LogP) is 6.40. The summed E-state index contributed by atoms with van der Waals surface area (Å²) in [5, 5.41) is 14.3. The molecule has 0 aliphatic heterocycles. The van der Waals surface area contributed by atoms with Crippen LogP contribution in [-0.4, -0.2) is 21.6 Å². The summed E-state index contributed by atoms with van der Waals surface area (Å²) in [5.74, 6) is 0.339. The van der Waals surface area contributed by atoms with Gasteiger partial charge in [0.25, 0.3) is 5.91 Å². The summed E-state index contributed by atoms with van der Waals surface area (Å²) in [4.78, 5) is 17.4. The molecule has 2 aliphatic carbocycles. The summed E-state index contributed by atoms with van der Waals surface area (Å²) in [6.07, 6.45) is 9.36. The van der Waals surface area contributed by atoms with Crippen LogP contribution in [0.4, 0.5) is 5.69 Å². The number of hydrogen-bond acceptors (Lipinski definition) is 3. The number of pyridine rings is 1. The summed E-state index contributed by atoms with van der Waals surface area (Å²) >= 11 is 0. The molecule has 3 atom stereocenters. The maximum atomic E-state index is 13.1. The van der Waals surface area contributed by atoms with Crippen LogP contribution >= 0.6 is 0 Å². The number of hydrogen-bond donors (Lipinski definition) is 2. The van der Waals surface area contributed by atoms with Gasteiger partial charge in [0.2, 0.25) is 0 Å². The topological polar surface area (TPSA) is 62.2 Å². The number of fused-ring (bicyclic) bond motifs is 3. The molecule has 1 aromatic heterocycles. The van der Waals surface area contributed by atoms with E-state index >= 15 is 0 Å². The third kappa shape index (κ3) is 4.64. The van der Waals surface area contributed by atoms with Crippen molar-refractivity contribution in [1.82, 2.24) is 4.98 Å². The highest BCUT2D eigenvalue weighted by Crippen LogP contribution is 2.54. The lowest BCUT2D eigenvalue weighted by atomic mass is 9.55. The van der Waals surface area contributed by atoms with Gasteiger partial charge in [0.15, 0.2) is 0 Å². The molecule has 1 heterocycles. The maximum Gasteiger partial charge on any atom is 0.255 e. The van der Waals surface area contributed by atoms with Crippen molar-refractivity contribution in [3.63, 3.8) is 0 Å². The predicted molar refractivity (Wildman–Crippen MR) is 141 cm³/mol. The molecule has 0 radical (unpaired) electrons. The van der Waals surface area contributed by atoms with Crippen LogP contribution < -0.4 is 5.32 Å². The van der Waals surface area contributed by atoms with Gasteiger partial charge < -0.3 is 10.4 Å². The Morgan fingerprint density at radius 3 is 2.71 bits per heavy atom. The molecule has 182 valence electrons. The Hall–Kier alpha value is -2.98.